The maximum absolute atomic E-state index is 5.53. The van der Waals surface area contributed by atoms with E-state index in [-0.39, 0.29) is 0 Å². The Kier molecular flexibility index (Phi) is 3.13. The molecule has 2 heterocycles. The number of rotatable bonds is 4. The molecule has 15 heavy (non-hydrogen) atoms. The van der Waals surface area contributed by atoms with Gasteiger partial charge in [-0.3, -0.25) is 0 Å². The molecule has 2 N–H and O–H groups in total. The summed E-state index contributed by atoms with van der Waals surface area (Å²) in [5.74, 6) is 1.71. The number of hydrogen-bond donors (Lipinski definition) is 1. The minimum Gasteiger partial charge on any atom is -0.339 e. The van der Waals surface area contributed by atoms with Crippen LogP contribution >= 0.6 is 11.3 Å². The molecule has 0 aliphatic carbocycles. The van der Waals surface area contributed by atoms with E-state index in [1.807, 2.05) is 17.5 Å². The summed E-state index contributed by atoms with van der Waals surface area (Å²) < 4.78 is 5.15. The van der Waals surface area contributed by atoms with Crippen molar-refractivity contribution in [3.63, 3.8) is 0 Å². The Balaban J connectivity index is 2.11. The average Bonchev–Trinajstić information content (AvgIpc) is 2.85. The number of nitrogens with zero attached hydrogens (tertiary/aromatic N) is 2. The fourth-order valence-electron chi connectivity index (χ4n) is 1.23. The molecule has 2 aromatic rings. The van der Waals surface area contributed by atoms with Crippen LogP contribution in [0.1, 0.15) is 12.8 Å². The number of hydrogen-bond acceptors (Lipinski definition) is 5. The fraction of sp³-hybridized carbons (Fsp3) is 0.400. The predicted molar refractivity (Wildman–Crippen MR) is 59.5 cm³/mol. The largest absolute Gasteiger partial charge is 0.339 e. The van der Waals surface area contributed by atoms with E-state index in [9.17, 15) is 0 Å². The van der Waals surface area contributed by atoms with Crippen molar-refractivity contribution in [2.24, 2.45) is 11.7 Å². The predicted octanol–water partition coefficient (Wildman–Crippen LogP) is 1.94. The van der Waals surface area contributed by atoms with Crippen molar-refractivity contribution in [3.8, 4) is 10.7 Å². The molecule has 4 nitrogen and oxygen atoms in total. The number of thiophene rings is 1. The quantitative estimate of drug-likeness (QED) is 0.860. The first-order chi connectivity index (χ1) is 7.29. The van der Waals surface area contributed by atoms with Gasteiger partial charge in [-0.25, -0.2) is 0 Å². The third kappa shape index (κ3) is 2.43. The van der Waals surface area contributed by atoms with Gasteiger partial charge >= 0.3 is 0 Å². The van der Waals surface area contributed by atoms with Crippen LogP contribution in [0.15, 0.2) is 22.0 Å². The topological polar surface area (TPSA) is 64.9 Å². The van der Waals surface area contributed by atoms with Gasteiger partial charge in [-0.1, -0.05) is 18.1 Å². The normalized spacial score (nSPS) is 12.9. The molecule has 0 bridgehead atoms. The SMILES string of the molecule is CC(CN)Cc1nc(-c2cccs2)no1. The van der Waals surface area contributed by atoms with Gasteiger partial charge in [0.1, 0.15) is 0 Å². The third-order valence-corrected chi connectivity index (χ3v) is 3.00. The smallest absolute Gasteiger partial charge is 0.227 e. The molecular formula is C10H13N3OS. The van der Waals surface area contributed by atoms with Crippen LogP contribution in [0.25, 0.3) is 10.7 Å². The molecule has 0 aromatic carbocycles. The molecule has 0 spiro atoms. The van der Waals surface area contributed by atoms with E-state index in [1.165, 1.54) is 0 Å². The van der Waals surface area contributed by atoms with Crippen LogP contribution in [0, 0.1) is 5.92 Å². The zero-order chi connectivity index (χ0) is 10.7. The molecule has 0 radical (unpaired) electrons. The highest BCUT2D eigenvalue weighted by Crippen LogP contribution is 2.21. The van der Waals surface area contributed by atoms with Gasteiger partial charge in [0.15, 0.2) is 0 Å². The van der Waals surface area contributed by atoms with Crippen LogP contribution in [0.5, 0.6) is 0 Å². The second kappa shape index (κ2) is 4.55. The second-order valence-electron chi connectivity index (χ2n) is 3.53. The Morgan fingerprint density at radius 2 is 2.47 bits per heavy atom. The molecule has 0 saturated carbocycles. The van der Waals surface area contributed by atoms with Gasteiger partial charge in [-0.05, 0) is 23.9 Å². The Hall–Kier alpha value is -1.20. The number of nitrogens with two attached hydrogens (primary N) is 1. The lowest BCUT2D eigenvalue weighted by atomic mass is 10.1. The Morgan fingerprint density at radius 1 is 1.60 bits per heavy atom. The molecule has 2 aromatic heterocycles. The Morgan fingerprint density at radius 3 is 3.13 bits per heavy atom. The fourth-order valence-corrected chi connectivity index (χ4v) is 1.87. The molecule has 0 fully saturated rings. The van der Waals surface area contributed by atoms with E-state index in [2.05, 4.69) is 17.1 Å². The Bertz CT molecular complexity index is 410. The maximum atomic E-state index is 5.53. The molecule has 0 saturated heterocycles. The van der Waals surface area contributed by atoms with Crippen LogP contribution in [0.3, 0.4) is 0 Å². The van der Waals surface area contributed by atoms with Gasteiger partial charge in [-0.15, -0.1) is 11.3 Å². The molecule has 2 rings (SSSR count). The zero-order valence-corrected chi connectivity index (χ0v) is 9.33. The molecule has 1 unspecified atom stereocenters. The van der Waals surface area contributed by atoms with Crippen molar-refractivity contribution in [1.29, 1.82) is 0 Å². The average molecular weight is 223 g/mol. The van der Waals surface area contributed by atoms with Gasteiger partial charge in [0.2, 0.25) is 11.7 Å². The maximum Gasteiger partial charge on any atom is 0.227 e. The molecule has 1 atom stereocenters. The number of aromatic nitrogens is 2. The highest BCUT2D eigenvalue weighted by Gasteiger charge is 2.11. The standard InChI is InChI=1S/C10H13N3OS/c1-7(6-11)5-9-12-10(13-14-9)8-3-2-4-15-8/h2-4,7H,5-6,11H2,1H3. The lowest BCUT2D eigenvalue weighted by molar-refractivity contribution is 0.360. The van der Waals surface area contributed by atoms with Crippen LogP contribution in [0.4, 0.5) is 0 Å². The molecule has 80 valence electrons. The third-order valence-electron chi connectivity index (χ3n) is 2.14. The van der Waals surface area contributed by atoms with E-state index in [4.69, 9.17) is 10.3 Å². The van der Waals surface area contributed by atoms with E-state index in [0.717, 1.165) is 11.3 Å². The summed E-state index contributed by atoms with van der Waals surface area (Å²) in [5.41, 5.74) is 5.53. The monoisotopic (exact) mass is 223 g/mol. The lowest BCUT2D eigenvalue weighted by Crippen LogP contribution is -2.13. The summed E-state index contributed by atoms with van der Waals surface area (Å²) in [6.07, 6.45) is 0.745. The van der Waals surface area contributed by atoms with Gasteiger partial charge in [-0.2, -0.15) is 4.98 Å². The Labute approximate surface area is 92.1 Å². The minimum absolute atomic E-state index is 0.377. The molecule has 0 aliphatic heterocycles. The van der Waals surface area contributed by atoms with Gasteiger partial charge in [0, 0.05) is 6.42 Å². The van der Waals surface area contributed by atoms with Crippen molar-refractivity contribution >= 4 is 11.3 Å². The van der Waals surface area contributed by atoms with Crippen molar-refractivity contribution in [3.05, 3.63) is 23.4 Å². The van der Waals surface area contributed by atoms with Crippen molar-refractivity contribution in [1.82, 2.24) is 10.1 Å². The summed E-state index contributed by atoms with van der Waals surface area (Å²) in [4.78, 5) is 5.35. The van der Waals surface area contributed by atoms with E-state index >= 15 is 0 Å². The van der Waals surface area contributed by atoms with Gasteiger partial charge in [0.25, 0.3) is 0 Å². The minimum atomic E-state index is 0.377. The zero-order valence-electron chi connectivity index (χ0n) is 8.51. The second-order valence-corrected chi connectivity index (χ2v) is 4.48. The molecule has 5 heteroatoms. The summed E-state index contributed by atoms with van der Waals surface area (Å²) in [6, 6.07) is 3.95. The van der Waals surface area contributed by atoms with Crippen LogP contribution in [0.2, 0.25) is 0 Å². The first-order valence-electron chi connectivity index (χ1n) is 4.86. The first-order valence-corrected chi connectivity index (χ1v) is 5.74. The highest BCUT2D eigenvalue weighted by molar-refractivity contribution is 7.13. The van der Waals surface area contributed by atoms with Crippen molar-refractivity contribution in [2.45, 2.75) is 13.3 Å². The molecular weight excluding hydrogens is 210 g/mol. The van der Waals surface area contributed by atoms with Crippen LogP contribution in [-0.2, 0) is 6.42 Å². The summed E-state index contributed by atoms with van der Waals surface area (Å²) >= 11 is 1.60. The highest BCUT2D eigenvalue weighted by atomic mass is 32.1. The van der Waals surface area contributed by atoms with E-state index in [1.54, 1.807) is 11.3 Å². The molecule has 0 amide bonds. The molecule has 0 aliphatic rings. The summed E-state index contributed by atoms with van der Waals surface area (Å²) in [5, 5.41) is 5.92. The van der Waals surface area contributed by atoms with Gasteiger partial charge in [0.05, 0.1) is 4.88 Å². The summed E-state index contributed by atoms with van der Waals surface area (Å²) in [7, 11) is 0. The van der Waals surface area contributed by atoms with E-state index in [0.29, 0.717) is 24.2 Å². The van der Waals surface area contributed by atoms with Crippen molar-refractivity contribution in [2.75, 3.05) is 6.54 Å². The van der Waals surface area contributed by atoms with Crippen molar-refractivity contribution < 1.29 is 4.52 Å². The summed E-state index contributed by atoms with van der Waals surface area (Å²) in [6.45, 7) is 2.70. The lowest BCUT2D eigenvalue weighted by Gasteiger charge is -2.01. The first kappa shape index (κ1) is 10.3. The van der Waals surface area contributed by atoms with Crippen LogP contribution < -0.4 is 5.73 Å². The van der Waals surface area contributed by atoms with Gasteiger partial charge < -0.3 is 10.3 Å². The van der Waals surface area contributed by atoms with Crippen LogP contribution in [-0.4, -0.2) is 16.7 Å². The van der Waals surface area contributed by atoms with E-state index < -0.39 is 0 Å².